The zero-order chi connectivity index (χ0) is 30.9. The smallest absolute Gasteiger partial charge is 0.416 e. The normalized spacial score (nSPS) is 16.4. The number of halogens is 4. The molecule has 2 unspecified atom stereocenters. The fourth-order valence-electron chi connectivity index (χ4n) is 4.83. The van der Waals surface area contributed by atoms with Gasteiger partial charge in [0.05, 0.1) is 21.5 Å². The van der Waals surface area contributed by atoms with Crippen molar-refractivity contribution in [2.75, 3.05) is 12.4 Å². The average Bonchev–Trinajstić information content (AvgIpc) is 3.34. The van der Waals surface area contributed by atoms with Gasteiger partial charge in [-0.1, -0.05) is 60.9 Å². The summed E-state index contributed by atoms with van der Waals surface area (Å²) in [6, 6.07) is 16.1. The fourth-order valence-corrected chi connectivity index (χ4v) is 5.61. The predicted molar refractivity (Wildman–Crippen MR) is 159 cm³/mol. The molecule has 7 nitrogen and oxygen atoms in total. The van der Waals surface area contributed by atoms with E-state index in [1.165, 1.54) is 11.3 Å². The largest absolute Gasteiger partial charge is 0.483 e. The third-order valence-electron chi connectivity index (χ3n) is 6.74. The molecule has 4 N–H and O–H groups in total. The second kappa shape index (κ2) is 15.0. The van der Waals surface area contributed by atoms with Gasteiger partial charge in [0.1, 0.15) is 5.82 Å². The number of carboxylic acid groups (broad SMARTS) is 1. The van der Waals surface area contributed by atoms with Crippen LogP contribution in [-0.4, -0.2) is 29.5 Å². The second-order valence-electron chi connectivity index (χ2n) is 9.42. The van der Waals surface area contributed by atoms with Gasteiger partial charge >= 0.3 is 11.0 Å². The van der Waals surface area contributed by atoms with Gasteiger partial charge in [-0.05, 0) is 79.3 Å². The number of anilines is 1. The molecule has 0 bridgehead atoms. The Morgan fingerprint density at radius 2 is 1.71 bits per heavy atom. The summed E-state index contributed by atoms with van der Waals surface area (Å²) >= 11 is 4.71. The van der Waals surface area contributed by atoms with Crippen molar-refractivity contribution in [1.82, 2.24) is 9.71 Å². The van der Waals surface area contributed by atoms with Crippen molar-refractivity contribution in [3.05, 3.63) is 87.3 Å². The Morgan fingerprint density at radius 1 is 1.07 bits per heavy atom. The molecule has 0 radical (unpaired) electrons. The lowest BCUT2D eigenvalue weighted by molar-refractivity contribution is -0.137. The maximum atomic E-state index is 14.2. The van der Waals surface area contributed by atoms with E-state index in [0.717, 1.165) is 51.9 Å². The van der Waals surface area contributed by atoms with E-state index in [4.69, 9.17) is 9.90 Å². The molecule has 1 fully saturated rings. The van der Waals surface area contributed by atoms with Gasteiger partial charge in [-0.3, -0.25) is 19.1 Å². The van der Waals surface area contributed by atoms with Crippen molar-refractivity contribution in [1.29, 1.82) is 0 Å². The quantitative estimate of drug-likeness (QED) is 0.0948. The molecule has 5 rings (SSSR count). The van der Waals surface area contributed by atoms with E-state index in [1.807, 2.05) is 42.5 Å². The van der Waals surface area contributed by atoms with Crippen molar-refractivity contribution < 1.29 is 32.3 Å². The number of amides is 1. The van der Waals surface area contributed by atoms with Crippen LogP contribution in [0.1, 0.15) is 42.7 Å². The van der Waals surface area contributed by atoms with Crippen LogP contribution in [-0.2, 0) is 15.8 Å². The number of benzene rings is 3. The number of nitrogens with one attached hydrogen (secondary N) is 3. The molecule has 0 saturated heterocycles. The number of carbonyl (C=O) groups excluding carboxylic acids is 1. The predicted octanol–water partition coefficient (Wildman–Crippen LogP) is 7.08. The summed E-state index contributed by atoms with van der Waals surface area (Å²) in [7, 11) is 1.74. The van der Waals surface area contributed by atoms with E-state index in [1.54, 1.807) is 7.05 Å². The Hall–Kier alpha value is -3.68. The highest BCUT2D eigenvalue weighted by Crippen LogP contribution is 2.38. The fraction of sp³-hybridized carbons (Fsp3) is 0.276. The molecule has 3 aromatic carbocycles. The van der Waals surface area contributed by atoms with Gasteiger partial charge in [0.2, 0.25) is 5.91 Å². The van der Waals surface area contributed by atoms with Crippen LogP contribution in [0.15, 0.2) is 65.5 Å². The van der Waals surface area contributed by atoms with Crippen molar-refractivity contribution >= 4 is 52.4 Å². The van der Waals surface area contributed by atoms with Crippen LogP contribution in [0.2, 0.25) is 0 Å². The summed E-state index contributed by atoms with van der Waals surface area (Å²) in [6.45, 7) is -0.250. The number of hydrogen-bond donors (Lipinski definition) is 5. The van der Waals surface area contributed by atoms with Crippen LogP contribution in [0.4, 0.5) is 23.2 Å². The number of rotatable bonds is 4. The first-order valence-electron chi connectivity index (χ1n) is 12.8. The molecular formula is C29H29F4N3O4S2. The third kappa shape index (κ3) is 8.66. The lowest BCUT2D eigenvalue weighted by Gasteiger charge is -2.29. The van der Waals surface area contributed by atoms with Gasteiger partial charge in [0.15, 0.2) is 0 Å². The van der Waals surface area contributed by atoms with Gasteiger partial charge in [-0.25, -0.2) is 4.39 Å². The van der Waals surface area contributed by atoms with Gasteiger partial charge in [-0.15, -0.1) is 0 Å². The van der Waals surface area contributed by atoms with Crippen LogP contribution in [0.25, 0.3) is 21.3 Å². The molecule has 224 valence electrons. The first-order valence-corrected chi connectivity index (χ1v) is 14.1. The molecule has 0 spiro atoms. The maximum absolute atomic E-state index is 14.2. The van der Waals surface area contributed by atoms with E-state index in [-0.39, 0.29) is 34.8 Å². The summed E-state index contributed by atoms with van der Waals surface area (Å²) in [5, 5.41) is 9.36. The molecule has 2 atom stereocenters. The van der Waals surface area contributed by atoms with Crippen molar-refractivity contribution in [3.63, 3.8) is 0 Å². The van der Waals surface area contributed by atoms with E-state index >= 15 is 0 Å². The number of alkyl halides is 3. The molecule has 42 heavy (non-hydrogen) atoms. The zero-order valence-electron chi connectivity index (χ0n) is 22.4. The summed E-state index contributed by atoms with van der Waals surface area (Å²) in [5.74, 6) is -1.69. The number of H-pyrrole nitrogens is 1. The monoisotopic (exact) mass is 623 g/mol. The SMILES string of the molecule is CNS.O=C(Nc1ccc(C(F)(F)F)cc1F)C1CCCC(c2ccc(-c3ccc4[nH]c(=O)sc4c3)cc2)C1.O=CO. The van der Waals surface area contributed by atoms with Crippen LogP contribution >= 0.6 is 24.2 Å². The first kappa shape index (κ1) is 32.8. The van der Waals surface area contributed by atoms with Gasteiger partial charge in [0.25, 0.3) is 6.47 Å². The lowest BCUT2D eigenvalue weighted by atomic mass is 9.77. The summed E-state index contributed by atoms with van der Waals surface area (Å²) in [6.07, 6.45) is -1.69. The molecule has 1 aromatic heterocycles. The highest BCUT2D eigenvalue weighted by molar-refractivity contribution is 7.78. The summed E-state index contributed by atoms with van der Waals surface area (Å²) in [5.41, 5.74) is 2.59. The van der Waals surface area contributed by atoms with Crippen molar-refractivity contribution in [3.8, 4) is 11.1 Å². The Balaban J connectivity index is 0.000000745. The minimum atomic E-state index is -4.65. The van der Waals surface area contributed by atoms with E-state index in [9.17, 15) is 27.2 Å². The standard InChI is InChI=1S/C27H22F4N2O2S.CH5NS.CH2O2/c28-21-14-20(27(29,30)31)9-11-22(21)32-25(34)19-3-1-2-17(12-19)15-4-6-16(7-5-15)18-8-10-23-24(13-18)36-26(35)33-23;1-2-3;2-1-3/h4-11,13-14,17,19H,1-3,12H2,(H,32,34)(H,33,35);2-3H,1H3;1H,(H,2,3). The lowest BCUT2D eigenvalue weighted by Crippen LogP contribution is -2.28. The molecule has 4 aromatic rings. The molecule has 1 aliphatic carbocycles. The number of aromatic amines is 1. The number of fused-ring (bicyclic) bond motifs is 1. The first-order chi connectivity index (χ1) is 20.0. The van der Waals surface area contributed by atoms with E-state index < -0.39 is 17.6 Å². The van der Waals surface area contributed by atoms with Crippen molar-refractivity contribution in [2.45, 2.75) is 37.8 Å². The maximum Gasteiger partial charge on any atom is 0.416 e. The van der Waals surface area contributed by atoms with E-state index in [2.05, 4.69) is 27.8 Å². The highest BCUT2D eigenvalue weighted by atomic mass is 32.1. The molecule has 1 aliphatic rings. The summed E-state index contributed by atoms with van der Waals surface area (Å²) < 4.78 is 55.8. The second-order valence-corrected chi connectivity index (χ2v) is 10.9. The number of thiazole rings is 1. The third-order valence-corrected chi connectivity index (χ3v) is 7.58. The van der Waals surface area contributed by atoms with Crippen LogP contribution in [0, 0.1) is 11.7 Å². The van der Waals surface area contributed by atoms with Crippen LogP contribution in [0.5, 0.6) is 0 Å². The van der Waals surface area contributed by atoms with E-state index in [0.29, 0.717) is 18.9 Å². The Kier molecular flexibility index (Phi) is 11.7. The zero-order valence-corrected chi connectivity index (χ0v) is 24.1. The molecular weight excluding hydrogens is 594 g/mol. The number of hydrogen-bond acceptors (Lipinski definition) is 6. The van der Waals surface area contributed by atoms with Gasteiger partial charge in [0, 0.05) is 5.92 Å². The van der Waals surface area contributed by atoms with Gasteiger partial charge in [-0.2, -0.15) is 13.2 Å². The molecule has 1 heterocycles. The molecule has 1 amide bonds. The van der Waals surface area contributed by atoms with Crippen LogP contribution in [0.3, 0.4) is 0 Å². The number of thiol groups is 1. The number of carbonyl (C=O) groups is 2. The summed E-state index contributed by atoms with van der Waals surface area (Å²) in [4.78, 5) is 35.4. The Morgan fingerprint density at radius 3 is 2.33 bits per heavy atom. The van der Waals surface area contributed by atoms with Gasteiger partial charge < -0.3 is 15.4 Å². The Labute approximate surface area is 248 Å². The van der Waals surface area contributed by atoms with Crippen LogP contribution < -0.4 is 14.9 Å². The minimum absolute atomic E-state index is 0.0885. The molecule has 0 aliphatic heterocycles. The topological polar surface area (TPSA) is 111 Å². The highest BCUT2D eigenvalue weighted by Gasteiger charge is 2.32. The Bertz CT molecular complexity index is 1560. The van der Waals surface area contributed by atoms with Crippen molar-refractivity contribution in [2.24, 2.45) is 5.92 Å². The average molecular weight is 624 g/mol. The molecule has 1 saturated carbocycles. The molecule has 13 heteroatoms. The minimum Gasteiger partial charge on any atom is -0.483 e. The number of aromatic nitrogens is 1.